The van der Waals surface area contributed by atoms with Crippen LogP contribution in [0.3, 0.4) is 0 Å². The van der Waals surface area contributed by atoms with Gasteiger partial charge in [-0.1, -0.05) is 72.1 Å². The van der Waals surface area contributed by atoms with Gasteiger partial charge in [-0.15, -0.1) is 0 Å². The Morgan fingerprint density at radius 3 is 1.83 bits per heavy atom. The van der Waals surface area contributed by atoms with E-state index in [1.807, 2.05) is 20.8 Å². The van der Waals surface area contributed by atoms with Crippen LogP contribution in [0.1, 0.15) is 98.8 Å². The molecule has 1 unspecified atom stereocenters. The summed E-state index contributed by atoms with van der Waals surface area (Å²) in [6, 6.07) is 0. The van der Waals surface area contributed by atoms with Gasteiger partial charge in [-0.2, -0.15) is 0 Å². The maximum Gasteiger partial charge on any atom is 0.304 e. The number of esters is 1. The summed E-state index contributed by atoms with van der Waals surface area (Å²) in [5.74, 6) is -0.261. The van der Waals surface area contributed by atoms with Crippen molar-refractivity contribution in [3.8, 4) is 0 Å². The quantitative estimate of drug-likeness (QED) is 0.259. The van der Waals surface area contributed by atoms with Crippen molar-refractivity contribution >= 4 is 11.9 Å². The number of carbonyl (C=O) groups is 2. The van der Waals surface area contributed by atoms with E-state index in [2.05, 4.69) is 6.92 Å². The molecule has 0 radical (unpaired) electrons. The molecule has 0 heterocycles. The Morgan fingerprint density at radius 2 is 1.42 bits per heavy atom. The van der Waals surface area contributed by atoms with Crippen LogP contribution >= 0.6 is 0 Å². The van der Waals surface area contributed by atoms with Crippen LogP contribution in [-0.2, 0) is 14.3 Å². The largest absolute Gasteiger partial charge is 0.439 e. The summed E-state index contributed by atoms with van der Waals surface area (Å²) in [4.78, 5) is 25.4. The first-order valence-electron chi connectivity index (χ1n) is 9.71. The van der Waals surface area contributed by atoms with Gasteiger partial charge in [0, 0.05) is 26.3 Å². The van der Waals surface area contributed by atoms with E-state index in [0.717, 1.165) is 12.8 Å². The molecular weight excluding hydrogens is 302 g/mol. The van der Waals surface area contributed by atoms with Gasteiger partial charge in [0.05, 0.1) is 0 Å². The van der Waals surface area contributed by atoms with Gasteiger partial charge in [0.2, 0.25) is 5.91 Å². The number of nitrogens with zero attached hydrogens (tertiary/aromatic N) is 1. The van der Waals surface area contributed by atoms with E-state index in [-0.39, 0.29) is 17.8 Å². The normalized spacial score (nSPS) is 13.6. The highest BCUT2D eigenvalue weighted by Crippen LogP contribution is 2.26. The summed E-state index contributed by atoms with van der Waals surface area (Å²) in [6.07, 6.45) is 11.6. The van der Waals surface area contributed by atoms with Gasteiger partial charge in [0.25, 0.3) is 0 Å². The van der Waals surface area contributed by atoms with Crippen LogP contribution in [0.2, 0.25) is 0 Å². The van der Waals surface area contributed by atoms with E-state index in [9.17, 15) is 9.59 Å². The van der Waals surface area contributed by atoms with Gasteiger partial charge >= 0.3 is 5.97 Å². The average Bonchev–Trinajstić information content (AvgIpc) is 2.51. The topological polar surface area (TPSA) is 46.6 Å². The Hall–Kier alpha value is -1.06. The van der Waals surface area contributed by atoms with Crippen molar-refractivity contribution in [2.75, 3.05) is 7.05 Å². The monoisotopic (exact) mass is 341 g/mol. The van der Waals surface area contributed by atoms with E-state index in [0.29, 0.717) is 6.42 Å². The molecule has 0 N–H and O–H groups in total. The second-order valence-corrected chi connectivity index (χ2v) is 7.33. The molecule has 4 heteroatoms. The lowest BCUT2D eigenvalue weighted by Gasteiger charge is -2.41. The smallest absolute Gasteiger partial charge is 0.304 e. The number of rotatable bonds is 13. The molecule has 0 fully saturated rings. The molecule has 0 bridgehead atoms. The number of amides is 1. The molecular formula is C20H39NO3. The lowest BCUT2D eigenvalue weighted by atomic mass is 9.99. The summed E-state index contributed by atoms with van der Waals surface area (Å²) in [7, 11) is 1.74. The van der Waals surface area contributed by atoms with Crippen molar-refractivity contribution in [3.05, 3.63) is 0 Å². The molecule has 0 saturated carbocycles. The van der Waals surface area contributed by atoms with Crippen molar-refractivity contribution in [2.45, 2.75) is 105 Å². The Morgan fingerprint density at radius 1 is 0.958 bits per heavy atom. The van der Waals surface area contributed by atoms with Crippen LogP contribution in [0.25, 0.3) is 0 Å². The van der Waals surface area contributed by atoms with E-state index < -0.39 is 5.72 Å². The third kappa shape index (κ3) is 8.70. The van der Waals surface area contributed by atoms with Crippen molar-refractivity contribution in [1.82, 2.24) is 4.90 Å². The lowest BCUT2D eigenvalue weighted by Crippen LogP contribution is -2.53. The fraction of sp³-hybridized carbons (Fsp3) is 0.900. The van der Waals surface area contributed by atoms with E-state index in [1.165, 1.54) is 51.9 Å². The molecule has 0 aliphatic heterocycles. The van der Waals surface area contributed by atoms with Crippen molar-refractivity contribution in [1.29, 1.82) is 0 Å². The standard InChI is InChI=1S/C20H39NO3/c1-7-8-9-10-11-12-13-14-15-16-19(23)21(6)20(5,17(2)3)24-18(4)22/h17H,7-16H2,1-6H3. The molecule has 24 heavy (non-hydrogen) atoms. The molecule has 0 saturated heterocycles. The fourth-order valence-corrected chi connectivity index (χ4v) is 2.87. The average molecular weight is 342 g/mol. The molecule has 0 rings (SSSR count). The SMILES string of the molecule is CCCCCCCCCCCC(=O)N(C)C(C)(OC(C)=O)C(C)C. The minimum atomic E-state index is -0.873. The zero-order valence-electron chi connectivity index (χ0n) is 16.8. The molecule has 1 amide bonds. The highest BCUT2D eigenvalue weighted by atomic mass is 16.6. The first-order valence-corrected chi connectivity index (χ1v) is 9.71. The number of carbonyl (C=O) groups excluding carboxylic acids is 2. The summed E-state index contributed by atoms with van der Waals surface area (Å²) in [6.45, 7) is 9.36. The summed E-state index contributed by atoms with van der Waals surface area (Å²) < 4.78 is 5.44. The molecule has 0 aliphatic carbocycles. The fourth-order valence-electron chi connectivity index (χ4n) is 2.87. The molecule has 142 valence electrons. The molecule has 0 aromatic heterocycles. The van der Waals surface area contributed by atoms with Crippen LogP contribution in [-0.4, -0.2) is 29.5 Å². The summed E-state index contributed by atoms with van der Waals surface area (Å²) in [5.41, 5.74) is -0.873. The Kier molecular flexibility index (Phi) is 11.8. The van der Waals surface area contributed by atoms with Gasteiger partial charge in [0.15, 0.2) is 5.72 Å². The summed E-state index contributed by atoms with van der Waals surface area (Å²) in [5, 5.41) is 0. The van der Waals surface area contributed by atoms with Crippen LogP contribution in [0.15, 0.2) is 0 Å². The number of hydrogen-bond donors (Lipinski definition) is 0. The molecule has 1 atom stereocenters. The van der Waals surface area contributed by atoms with Crippen molar-refractivity contribution in [2.24, 2.45) is 5.92 Å². The Labute approximate surface area is 149 Å². The zero-order chi connectivity index (χ0) is 18.6. The molecule has 0 aromatic carbocycles. The van der Waals surface area contributed by atoms with Crippen LogP contribution in [0, 0.1) is 5.92 Å². The first-order chi connectivity index (χ1) is 11.3. The number of unbranched alkanes of at least 4 members (excludes halogenated alkanes) is 8. The van der Waals surface area contributed by atoms with Crippen molar-refractivity contribution in [3.63, 3.8) is 0 Å². The minimum absolute atomic E-state index is 0.0403. The molecule has 0 spiro atoms. The van der Waals surface area contributed by atoms with Gasteiger partial charge in [0.1, 0.15) is 0 Å². The van der Waals surface area contributed by atoms with Gasteiger partial charge in [-0.25, -0.2) is 0 Å². The van der Waals surface area contributed by atoms with Crippen LogP contribution in [0.4, 0.5) is 0 Å². The Bertz CT molecular complexity index is 368. The zero-order valence-corrected chi connectivity index (χ0v) is 16.8. The van der Waals surface area contributed by atoms with Gasteiger partial charge in [-0.3, -0.25) is 9.59 Å². The predicted octanol–water partition coefficient (Wildman–Crippen LogP) is 5.30. The molecule has 0 aliphatic rings. The highest BCUT2D eigenvalue weighted by Gasteiger charge is 2.38. The third-order valence-corrected chi connectivity index (χ3v) is 4.96. The van der Waals surface area contributed by atoms with Crippen molar-refractivity contribution < 1.29 is 14.3 Å². The summed E-state index contributed by atoms with van der Waals surface area (Å²) >= 11 is 0. The van der Waals surface area contributed by atoms with Crippen LogP contribution < -0.4 is 0 Å². The van der Waals surface area contributed by atoms with Gasteiger partial charge < -0.3 is 9.64 Å². The lowest BCUT2D eigenvalue weighted by molar-refractivity contribution is -0.191. The minimum Gasteiger partial charge on any atom is -0.439 e. The van der Waals surface area contributed by atoms with Gasteiger partial charge in [-0.05, 0) is 13.3 Å². The van der Waals surface area contributed by atoms with E-state index in [1.54, 1.807) is 11.9 Å². The molecule has 4 nitrogen and oxygen atoms in total. The number of hydrogen-bond acceptors (Lipinski definition) is 3. The maximum absolute atomic E-state index is 12.4. The predicted molar refractivity (Wildman–Crippen MR) is 99.6 cm³/mol. The van der Waals surface area contributed by atoms with Crippen LogP contribution in [0.5, 0.6) is 0 Å². The molecule has 0 aromatic rings. The first kappa shape index (κ1) is 22.9. The second-order valence-electron chi connectivity index (χ2n) is 7.33. The maximum atomic E-state index is 12.4. The van der Waals surface area contributed by atoms with E-state index >= 15 is 0 Å². The number of ether oxygens (including phenoxy) is 1. The van der Waals surface area contributed by atoms with E-state index in [4.69, 9.17) is 4.74 Å². The third-order valence-electron chi connectivity index (χ3n) is 4.96. The Balaban J connectivity index is 4.06. The second kappa shape index (κ2) is 12.3. The highest BCUT2D eigenvalue weighted by molar-refractivity contribution is 5.77.